The van der Waals surface area contributed by atoms with E-state index in [-0.39, 0.29) is 5.88 Å². The highest BCUT2D eigenvalue weighted by Gasteiger charge is 2.14. The van der Waals surface area contributed by atoms with Gasteiger partial charge in [0.2, 0.25) is 5.88 Å². The first-order valence-corrected chi connectivity index (χ1v) is 9.25. The fourth-order valence-electron chi connectivity index (χ4n) is 2.99. The fourth-order valence-corrected chi connectivity index (χ4v) is 2.99. The second kappa shape index (κ2) is 8.68. The number of aromatic amines is 1. The van der Waals surface area contributed by atoms with Crippen molar-refractivity contribution < 1.29 is 9.84 Å². The van der Waals surface area contributed by atoms with Gasteiger partial charge < -0.3 is 20.6 Å². The van der Waals surface area contributed by atoms with Crippen LogP contribution in [0.2, 0.25) is 0 Å². The van der Waals surface area contributed by atoms with Gasteiger partial charge in [0.25, 0.3) is 0 Å². The molecule has 0 bridgehead atoms. The molecule has 1 aromatic heterocycles. The van der Waals surface area contributed by atoms with Crippen molar-refractivity contribution in [3.63, 3.8) is 0 Å². The normalized spacial score (nSPS) is 11.7. The van der Waals surface area contributed by atoms with E-state index in [1.807, 2.05) is 36.4 Å². The van der Waals surface area contributed by atoms with Crippen LogP contribution < -0.4 is 10.5 Å². The van der Waals surface area contributed by atoms with Crippen LogP contribution in [0.4, 0.5) is 11.4 Å². The van der Waals surface area contributed by atoms with E-state index in [1.165, 1.54) is 0 Å². The number of H-pyrrole nitrogens is 1. The minimum Gasteiger partial charge on any atom is -0.494 e. The molecule has 4 N–H and O–H groups in total. The van der Waals surface area contributed by atoms with Crippen LogP contribution in [-0.4, -0.2) is 23.2 Å². The largest absolute Gasteiger partial charge is 0.494 e. The molecule has 6 nitrogen and oxygen atoms in total. The first-order valence-electron chi connectivity index (χ1n) is 9.25. The Kier molecular flexibility index (Phi) is 6.08. The number of hydrogen-bond acceptors (Lipinski definition) is 5. The summed E-state index contributed by atoms with van der Waals surface area (Å²) in [6.07, 6.45) is 1.73. The van der Waals surface area contributed by atoms with Gasteiger partial charge in [-0.15, -0.1) is 5.11 Å². The molecule has 0 spiro atoms. The second-order valence-corrected chi connectivity index (χ2v) is 6.94. The molecule has 0 aliphatic rings. The number of nitrogens with one attached hydrogen (secondary N) is 1. The summed E-state index contributed by atoms with van der Waals surface area (Å²) >= 11 is 0. The van der Waals surface area contributed by atoms with Gasteiger partial charge in [-0.2, -0.15) is 5.11 Å². The van der Waals surface area contributed by atoms with E-state index in [0.29, 0.717) is 30.4 Å². The van der Waals surface area contributed by atoms with Gasteiger partial charge in [-0.25, -0.2) is 0 Å². The lowest BCUT2D eigenvalue weighted by Gasteiger charge is -2.07. The van der Waals surface area contributed by atoms with E-state index in [4.69, 9.17) is 10.5 Å². The SMILES string of the molecule is CC(C)Cc1cccc2[nH]c(O)c(N=Nc3ccc(OCCCN)cc3)c12. The molecule has 0 atom stereocenters. The third-order valence-corrected chi connectivity index (χ3v) is 4.21. The number of fused-ring (bicyclic) bond motifs is 1. The van der Waals surface area contributed by atoms with E-state index in [9.17, 15) is 5.11 Å². The number of rotatable bonds is 8. The van der Waals surface area contributed by atoms with Crippen molar-refractivity contribution in [3.8, 4) is 11.6 Å². The van der Waals surface area contributed by atoms with E-state index in [0.717, 1.165) is 35.1 Å². The molecule has 2 aromatic carbocycles. The smallest absolute Gasteiger partial charge is 0.218 e. The zero-order valence-corrected chi connectivity index (χ0v) is 15.8. The Bertz CT molecular complexity index is 914. The summed E-state index contributed by atoms with van der Waals surface area (Å²) in [4.78, 5) is 2.99. The predicted octanol–water partition coefficient (Wildman–Crippen LogP) is 5.22. The molecular weight excluding hydrogens is 340 g/mol. The van der Waals surface area contributed by atoms with Crippen LogP contribution in [0.3, 0.4) is 0 Å². The highest BCUT2D eigenvalue weighted by atomic mass is 16.5. The summed E-state index contributed by atoms with van der Waals surface area (Å²) in [6.45, 7) is 5.55. The Morgan fingerprint density at radius 2 is 1.89 bits per heavy atom. The maximum atomic E-state index is 10.3. The molecular formula is C21H26N4O2. The molecule has 0 saturated heterocycles. The summed E-state index contributed by atoms with van der Waals surface area (Å²) in [5, 5.41) is 19.8. The standard InChI is InChI=1S/C21H26N4O2/c1-14(2)13-15-5-3-6-18-19(15)20(21(26)23-18)25-24-16-7-9-17(10-8-16)27-12-4-11-22/h3,5-10,14,23,26H,4,11-13,22H2,1-2H3. The van der Waals surface area contributed by atoms with Crippen LogP contribution in [-0.2, 0) is 6.42 Å². The van der Waals surface area contributed by atoms with Gasteiger partial charge in [0.05, 0.1) is 17.8 Å². The lowest BCUT2D eigenvalue weighted by Crippen LogP contribution is -2.05. The third-order valence-electron chi connectivity index (χ3n) is 4.21. The van der Waals surface area contributed by atoms with Crippen molar-refractivity contribution in [2.24, 2.45) is 21.9 Å². The Labute approximate surface area is 159 Å². The van der Waals surface area contributed by atoms with Gasteiger partial charge >= 0.3 is 0 Å². The number of benzene rings is 2. The van der Waals surface area contributed by atoms with Gasteiger partial charge in [0.15, 0.2) is 5.69 Å². The van der Waals surface area contributed by atoms with Crippen molar-refractivity contribution in [1.82, 2.24) is 4.98 Å². The van der Waals surface area contributed by atoms with Crippen LogP contribution in [0.25, 0.3) is 10.9 Å². The Morgan fingerprint density at radius 1 is 1.11 bits per heavy atom. The molecule has 0 amide bonds. The summed E-state index contributed by atoms with van der Waals surface area (Å²) in [6, 6.07) is 13.4. The van der Waals surface area contributed by atoms with E-state index < -0.39 is 0 Å². The average molecular weight is 366 g/mol. The quantitative estimate of drug-likeness (QED) is 0.377. The van der Waals surface area contributed by atoms with E-state index in [2.05, 4.69) is 35.1 Å². The summed E-state index contributed by atoms with van der Waals surface area (Å²) < 4.78 is 5.58. The predicted molar refractivity (Wildman–Crippen MR) is 108 cm³/mol. The molecule has 27 heavy (non-hydrogen) atoms. The molecule has 6 heteroatoms. The van der Waals surface area contributed by atoms with Gasteiger partial charge in [-0.3, -0.25) is 0 Å². The Balaban J connectivity index is 1.84. The van der Waals surface area contributed by atoms with Crippen molar-refractivity contribution in [3.05, 3.63) is 48.0 Å². The van der Waals surface area contributed by atoms with Gasteiger partial charge in [-0.05, 0) is 61.2 Å². The summed E-state index contributed by atoms with van der Waals surface area (Å²) in [5.74, 6) is 1.31. The lowest BCUT2D eigenvalue weighted by atomic mass is 9.99. The molecule has 0 unspecified atom stereocenters. The number of azo groups is 1. The fraction of sp³-hybridized carbons (Fsp3) is 0.333. The van der Waals surface area contributed by atoms with Crippen molar-refractivity contribution in [1.29, 1.82) is 0 Å². The van der Waals surface area contributed by atoms with Crippen LogP contribution in [0.1, 0.15) is 25.8 Å². The molecule has 0 aliphatic carbocycles. The lowest BCUT2D eigenvalue weighted by molar-refractivity contribution is 0.313. The van der Waals surface area contributed by atoms with E-state index >= 15 is 0 Å². The van der Waals surface area contributed by atoms with Crippen LogP contribution in [0, 0.1) is 5.92 Å². The molecule has 3 rings (SSSR count). The number of aromatic hydroxyl groups is 1. The first kappa shape index (κ1) is 18.9. The van der Waals surface area contributed by atoms with E-state index in [1.54, 1.807) is 0 Å². The molecule has 0 fully saturated rings. The topological polar surface area (TPSA) is 96.0 Å². The van der Waals surface area contributed by atoms with Gasteiger partial charge in [0, 0.05) is 5.39 Å². The number of aromatic nitrogens is 1. The zero-order chi connectivity index (χ0) is 19.2. The Morgan fingerprint density at radius 3 is 2.59 bits per heavy atom. The average Bonchev–Trinajstić information content (AvgIpc) is 2.97. The van der Waals surface area contributed by atoms with Crippen LogP contribution in [0.5, 0.6) is 11.6 Å². The first-order chi connectivity index (χ1) is 13.1. The maximum absolute atomic E-state index is 10.3. The highest BCUT2D eigenvalue weighted by molar-refractivity contribution is 5.96. The molecule has 3 aromatic rings. The molecule has 0 radical (unpaired) electrons. The number of nitrogens with zero attached hydrogens (tertiary/aromatic N) is 2. The molecule has 0 saturated carbocycles. The van der Waals surface area contributed by atoms with Crippen LogP contribution >= 0.6 is 0 Å². The monoisotopic (exact) mass is 366 g/mol. The molecule has 1 heterocycles. The van der Waals surface area contributed by atoms with Crippen molar-refractivity contribution >= 4 is 22.3 Å². The van der Waals surface area contributed by atoms with Gasteiger partial charge in [0.1, 0.15) is 5.75 Å². The Hall–Kier alpha value is -2.86. The number of hydrogen-bond donors (Lipinski definition) is 3. The molecule has 0 aliphatic heterocycles. The van der Waals surface area contributed by atoms with Crippen LogP contribution in [0.15, 0.2) is 52.7 Å². The van der Waals surface area contributed by atoms with Crippen molar-refractivity contribution in [2.45, 2.75) is 26.7 Å². The van der Waals surface area contributed by atoms with Crippen molar-refractivity contribution in [2.75, 3.05) is 13.2 Å². The second-order valence-electron chi connectivity index (χ2n) is 6.94. The number of ether oxygens (including phenoxy) is 1. The third kappa shape index (κ3) is 4.65. The minimum absolute atomic E-state index is 0.0340. The number of nitrogens with two attached hydrogens (primary N) is 1. The summed E-state index contributed by atoms with van der Waals surface area (Å²) in [5.41, 5.74) is 8.64. The zero-order valence-electron chi connectivity index (χ0n) is 15.8. The maximum Gasteiger partial charge on any atom is 0.218 e. The van der Waals surface area contributed by atoms with Gasteiger partial charge in [-0.1, -0.05) is 26.0 Å². The molecule has 142 valence electrons. The highest BCUT2D eigenvalue weighted by Crippen LogP contribution is 2.39. The minimum atomic E-state index is 0.0340. The summed E-state index contributed by atoms with van der Waals surface area (Å²) in [7, 11) is 0.